The van der Waals surface area contributed by atoms with E-state index in [2.05, 4.69) is 15.6 Å². The van der Waals surface area contributed by atoms with Gasteiger partial charge in [-0.05, 0) is 69.6 Å². The second-order valence-electron chi connectivity index (χ2n) is 11.5. The molecule has 2 aromatic rings. The van der Waals surface area contributed by atoms with Crippen LogP contribution in [0.5, 0.6) is 5.75 Å². The maximum atomic E-state index is 13.8. The van der Waals surface area contributed by atoms with E-state index < -0.39 is 29.8 Å². The molecule has 1 aromatic carbocycles. The van der Waals surface area contributed by atoms with Gasteiger partial charge in [-0.3, -0.25) is 19.2 Å². The fourth-order valence-electron chi connectivity index (χ4n) is 6.63. The number of ether oxygens (including phenoxy) is 1. The monoisotopic (exact) mass is 543 g/mol. The first-order valence-electron chi connectivity index (χ1n) is 13.1. The van der Waals surface area contributed by atoms with Gasteiger partial charge in [-0.25, -0.2) is 0 Å². The molecule has 0 spiro atoms. The summed E-state index contributed by atoms with van der Waals surface area (Å²) < 4.78 is 5.42. The summed E-state index contributed by atoms with van der Waals surface area (Å²) in [5.41, 5.74) is 6.26. The Kier molecular flexibility index (Phi) is 6.79. The van der Waals surface area contributed by atoms with Gasteiger partial charge in [-0.15, -0.1) is 0 Å². The van der Waals surface area contributed by atoms with Gasteiger partial charge in [0.25, 0.3) is 5.91 Å². The smallest absolute Gasteiger partial charge is 0.271 e. The molecule has 5 atom stereocenters. The van der Waals surface area contributed by atoms with Gasteiger partial charge in [0.15, 0.2) is 0 Å². The molecule has 1 aromatic heterocycles. The Morgan fingerprint density at radius 1 is 1.26 bits per heavy atom. The van der Waals surface area contributed by atoms with E-state index in [0.717, 1.165) is 19.3 Å². The van der Waals surface area contributed by atoms with Crippen LogP contribution < -0.4 is 21.1 Å². The molecule has 2 saturated heterocycles. The second kappa shape index (κ2) is 9.80. The van der Waals surface area contributed by atoms with Crippen molar-refractivity contribution in [3.63, 3.8) is 0 Å². The third-order valence-corrected chi connectivity index (χ3v) is 8.52. The molecule has 1 saturated carbocycles. The molecule has 3 fully saturated rings. The van der Waals surface area contributed by atoms with E-state index in [0.29, 0.717) is 40.3 Å². The lowest BCUT2D eigenvalue weighted by Gasteiger charge is -2.28. The number of benzene rings is 1. The number of hydrogen-bond donors (Lipinski definition) is 4. The van der Waals surface area contributed by atoms with Crippen molar-refractivity contribution >= 4 is 46.1 Å². The second-order valence-corrected chi connectivity index (χ2v) is 11.9. The molecule has 3 aliphatic rings. The van der Waals surface area contributed by atoms with Crippen LogP contribution in [0.3, 0.4) is 0 Å². The van der Waals surface area contributed by atoms with Crippen LogP contribution in [0.2, 0.25) is 5.02 Å². The lowest BCUT2D eigenvalue weighted by atomic mass is 9.90. The Bertz CT molecular complexity index is 1310. The number of fused-ring (bicyclic) bond motifs is 2. The summed E-state index contributed by atoms with van der Waals surface area (Å²) in [6.45, 7) is 4.28. The Morgan fingerprint density at radius 2 is 2.03 bits per heavy atom. The number of amides is 4. The average Bonchev–Trinajstić information content (AvgIpc) is 3.59. The van der Waals surface area contributed by atoms with Crippen molar-refractivity contribution in [2.45, 2.75) is 63.6 Å². The van der Waals surface area contributed by atoms with Crippen LogP contribution in [-0.2, 0) is 14.4 Å². The Labute approximate surface area is 226 Å². The third kappa shape index (κ3) is 4.81. The fraction of sp³-hybridized carbons (Fsp3) is 0.556. The van der Waals surface area contributed by atoms with E-state index in [-0.39, 0.29) is 35.6 Å². The van der Waals surface area contributed by atoms with Crippen molar-refractivity contribution in [1.29, 1.82) is 0 Å². The minimum Gasteiger partial charge on any atom is -0.496 e. The first-order valence-corrected chi connectivity index (χ1v) is 13.4. The van der Waals surface area contributed by atoms with Crippen LogP contribution in [-0.4, -0.2) is 64.8 Å². The number of aromatic nitrogens is 1. The van der Waals surface area contributed by atoms with E-state index in [9.17, 15) is 19.2 Å². The molecule has 5 rings (SSSR count). The highest BCUT2D eigenvalue weighted by Crippen LogP contribution is 2.43. The van der Waals surface area contributed by atoms with E-state index in [1.165, 1.54) is 7.11 Å². The number of nitrogens with zero attached hydrogens (tertiary/aromatic N) is 1. The molecular weight excluding hydrogens is 510 g/mol. The molecule has 11 heteroatoms. The predicted octanol–water partition coefficient (Wildman–Crippen LogP) is 2.35. The summed E-state index contributed by atoms with van der Waals surface area (Å²) in [7, 11) is 1.53. The zero-order valence-electron chi connectivity index (χ0n) is 21.8. The summed E-state index contributed by atoms with van der Waals surface area (Å²) in [6, 6.07) is 3.37. The number of aromatic amines is 1. The molecule has 4 amide bonds. The largest absolute Gasteiger partial charge is 0.496 e. The van der Waals surface area contributed by atoms with Crippen LogP contribution >= 0.6 is 11.6 Å². The molecule has 38 heavy (non-hydrogen) atoms. The zero-order chi connectivity index (χ0) is 27.4. The maximum absolute atomic E-state index is 13.8. The first-order chi connectivity index (χ1) is 18.0. The van der Waals surface area contributed by atoms with Crippen molar-refractivity contribution in [2.24, 2.45) is 23.5 Å². The van der Waals surface area contributed by atoms with E-state index in [1.807, 2.05) is 13.8 Å². The molecular formula is C27H34ClN5O5. The van der Waals surface area contributed by atoms with Gasteiger partial charge in [0.2, 0.25) is 17.7 Å². The normalized spacial score (nSPS) is 26.7. The summed E-state index contributed by atoms with van der Waals surface area (Å²) >= 11 is 6.20. The van der Waals surface area contributed by atoms with Gasteiger partial charge in [0, 0.05) is 28.4 Å². The maximum Gasteiger partial charge on any atom is 0.271 e. The summed E-state index contributed by atoms with van der Waals surface area (Å²) in [4.78, 5) is 56.9. The Hall–Kier alpha value is -3.27. The number of rotatable bonds is 7. The number of H-pyrrole nitrogens is 1. The number of hydrogen-bond acceptors (Lipinski definition) is 5. The minimum absolute atomic E-state index is 0.00505. The predicted molar refractivity (Wildman–Crippen MR) is 142 cm³/mol. The van der Waals surface area contributed by atoms with Crippen molar-refractivity contribution in [1.82, 2.24) is 20.5 Å². The first kappa shape index (κ1) is 26.3. The molecule has 5 unspecified atom stereocenters. The van der Waals surface area contributed by atoms with Crippen molar-refractivity contribution in [3.8, 4) is 5.75 Å². The molecule has 1 aliphatic carbocycles. The van der Waals surface area contributed by atoms with Crippen molar-refractivity contribution in [3.05, 3.63) is 28.9 Å². The van der Waals surface area contributed by atoms with Crippen LogP contribution in [0.15, 0.2) is 18.2 Å². The number of methoxy groups -OCH3 is 1. The molecule has 10 nitrogen and oxygen atoms in total. The molecule has 0 radical (unpaired) electrons. The van der Waals surface area contributed by atoms with E-state index in [1.54, 1.807) is 23.1 Å². The van der Waals surface area contributed by atoms with Crippen LogP contribution in [0.4, 0.5) is 0 Å². The van der Waals surface area contributed by atoms with E-state index in [4.69, 9.17) is 22.1 Å². The molecule has 3 heterocycles. The fourth-order valence-corrected chi connectivity index (χ4v) is 6.84. The van der Waals surface area contributed by atoms with Crippen molar-refractivity contribution < 1.29 is 23.9 Å². The van der Waals surface area contributed by atoms with Gasteiger partial charge < -0.3 is 31.0 Å². The quantitative estimate of drug-likeness (QED) is 0.423. The minimum atomic E-state index is -1.01. The highest BCUT2D eigenvalue weighted by molar-refractivity contribution is 6.31. The molecule has 204 valence electrons. The number of carbonyl (C=O) groups is 4. The van der Waals surface area contributed by atoms with Crippen molar-refractivity contribution in [2.75, 3.05) is 13.7 Å². The number of likely N-dealkylation sites (tertiary alicyclic amines) is 1. The number of primary amides is 1. The number of halogens is 1. The molecule has 2 aliphatic heterocycles. The van der Waals surface area contributed by atoms with E-state index >= 15 is 0 Å². The van der Waals surface area contributed by atoms with Gasteiger partial charge in [0.1, 0.15) is 23.5 Å². The Balaban J connectivity index is 1.38. The Morgan fingerprint density at radius 3 is 2.68 bits per heavy atom. The standard InChI is InChI=1S/C27H34ClN5O5/c1-27(2)11-14(24(35)32-27)7-19(23(29)34)31-25(36)22-16-6-4-5-13(16)12-33(22)26(37)20-10-17-18(30-20)8-15(28)9-21(17)38-3/h8-10,13-14,16,19,22,30H,4-7,11-12H2,1-3H3,(H2,29,34)(H,31,36)(H,32,35). The van der Waals surface area contributed by atoms with Gasteiger partial charge in [-0.2, -0.15) is 0 Å². The SMILES string of the molecule is COc1cc(Cl)cc2[nH]c(C(=O)N3CC4CCCC4C3C(=O)NC(CC3CC(C)(C)NC3=O)C(N)=O)cc12. The zero-order valence-corrected chi connectivity index (χ0v) is 22.6. The van der Waals surface area contributed by atoms with Gasteiger partial charge >= 0.3 is 0 Å². The highest BCUT2D eigenvalue weighted by atomic mass is 35.5. The van der Waals surface area contributed by atoms with Crippen LogP contribution in [0.25, 0.3) is 10.9 Å². The summed E-state index contributed by atoms with van der Waals surface area (Å²) in [5, 5.41) is 6.90. The number of carbonyl (C=O) groups excluding carboxylic acids is 4. The molecule has 5 N–H and O–H groups in total. The van der Waals surface area contributed by atoms with Gasteiger partial charge in [0.05, 0.1) is 12.6 Å². The topological polar surface area (TPSA) is 147 Å². The lowest BCUT2D eigenvalue weighted by Crippen LogP contribution is -2.54. The average molecular weight is 544 g/mol. The third-order valence-electron chi connectivity index (χ3n) is 8.30. The van der Waals surface area contributed by atoms with Crippen LogP contribution in [0.1, 0.15) is 56.4 Å². The number of nitrogens with one attached hydrogen (secondary N) is 3. The number of nitrogens with two attached hydrogens (primary N) is 1. The summed E-state index contributed by atoms with van der Waals surface area (Å²) in [6.07, 6.45) is 3.40. The van der Waals surface area contributed by atoms with Crippen LogP contribution in [0, 0.1) is 17.8 Å². The molecule has 0 bridgehead atoms. The lowest BCUT2D eigenvalue weighted by molar-refractivity contribution is -0.131. The summed E-state index contributed by atoms with van der Waals surface area (Å²) in [5.74, 6) is -1.26. The van der Waals surface area contributed by atoms with Gasteiger partial charge in [-0.1, -0.05) is 18.0 Å². The highest BCUT2D eigenvalue weighted by Gasteiger charge is 2.50.